The van der Waals surface area contributed by atoms with Gasteiger partial charge in [0.15, 0.2) is 0 Å². The zero-order valence-electron chi connectivity index (χ0n) is 10.5. The summed E-state index contributed by atoms with van der Waals surface area (Å²) >= 11 is 0. The molecule has 3 heteroatoms. The number of nitrogens with zero attached hydrogens (tertiary/aromatic N) is 1. The average Bonchev–Trinajstić information content (AvgIpc) is 2.38. The molecule has 0 saturated carbocycles. The topological polar surface area (TPSA) is 29.5 Å². The van der Waals surface area contributed by atoms with Crippen LogP contribution in [-0.2, 0) is 11.2 Å². The molecular formula is C14H19NO2. The van der Waals surface area contributed by atoms with Crippen LogP contribution in [0.1, 0.15) is 28.4 Å². The van der Waals surface area contributed by atoms with Crippen molar-refractivity contribution >= 4 is 5.91 Å². The Kier molecular flexibility index (Phi) is 3.79. The minimum atomic E-state index is 0.131. The van der Waals surface area contributed by atoms with Crippen molar-refractivity contribution in [2.75, 3.05) is 26.3 Å². The fraction of sp³-hybridized carbons (Fsp3) is 0.500. The number of hydrogen-bond acceptors (Lipinski definition) is 2. The van der Waals surface area contributed by atoms with Crippen molar-refractivity contribution < 1.29 is 9.53 Å². The van der Waals surface area contributed by atoms with Gasteiger partial charge in [0.2, 0.25) is 0 Å². The first-order valence-corrected chi connectivity index (χ1v) is 6.18. The van der Waals surface area contributed by atoms with E-state index in [0.29, 0.717) is 26.3 Å². The van der Waals surface area contributed by atoms with E-state index in [-0.39, 0.29) is 5.91 Å². The number of carbonyl (C=O) groups is 1. The van der Waals surface area contributed by atoms with Crippen LogP contribution in [0, 0.1) is 6.92 Å². The minimum absolute atomic E-state index is 0.131. The van der Waals surface area contributed by atoms with E-state index in [9.17, 15) is 4.79 Å². The van der Waals surface area contributed by atoms with Crippen LogP contribution in [0.15, 0.2) is 18.2 Å². The molecule has 1 saturated heterocycles. The van der Waals surface area contributed by atoms with Crippen molar-refractivity contribution in [1.82, 2.24) is 4.90 Å². The van der Waals surface area contributed by atoms with Gasteiger partial charge in [0.25, 0.3) is 5.91 Å². The van der Waals surface area contributed by atoms with Crippen molar-refractivity contribution in [3.8, 4) is 0 Å². The Hall–Kier alpha value is -1.35. The maximum absolute atomic E-state index is 12.3. The Balaban J connectivity index is 2.20. The van der Waals surface area contributed by atoms with Gasteiger partial charge in [-0.05, 0) is 31.0 Å². The SMILES string of the molecule is CCc1cc(C)cc(C(=O)N2CCOCC2)c1. The number of benzene rings is 1. The minimum Gasteiger partial charge on any atom is -0.378 e. The van der Waals surface area contributed by atoms with E-state index in [1.54, 1.807) is 0 Å². The molecule has 1 fully saturated rings. The standard InChI is InChI=1S/C14H19NO2/c1-3-12-8-11(2)9-13(10-12)14(16)15-4-6-17-7-5-15/h8-10H,3-7H2,1-2H3. The van der Waals surface area contributed by atoms with Gasteiger partial charge >= 0.3 is 0 Å². The lowest BCUT2D eigenvalue weighted by atomic mass is 10.0. The summed E-state index contributed by atoms with van der Waals surface area (Å²) < 4.78 is 5.26. The van der Waals surface area contributed by atoms with E-state index >= 15 is 0 Å². The summed E-state index contributed by atoms with van der Waals surface area (Å²) in [6, 6.07) is 6.11. The summed E-state index contributed by atoms with van der Waals surface area (Å²) in [6.07, 6.45) is 0.963. The summed E-state index contributed by atoms with van der Waals surface area (Å²) in [5, 5.41) is 0. The molecule has 3 nitrogen and oxygen atoms in total. The van der Waals surface area contributed by atoms with Gasteiger partial charge in [-0.25, -0.2) is 0 Å². The molecule has 0 aliphatic carbocycles. The fourth-order valence-electron chi connectivity index (χ4n) is 2.14. The predicted molar refractivity (Wildman–Crippen MR) is 67.3 cm³/mol. The van der Waals surface area contributed by atoms with Gasteiger partial charge in [-0.3, -0.25) is 4.79 Å². The van der Waals surface area contributed by atoms with Gasteiger partial charge < -0.3 is 9.64 Å². The maximum Gasteiger partial charge on any atom is 0.254 e. The van der Waals surface area contributed by atoms with Crippen molar-refractivity contribution in [1.29, 1.82) is 0 Å². The third-order valence-corrected chi connectivity index (χ3v) is 3.09. The molecule has 0 aromatic heterocycles. The molecule has 92 valence electrons. The summed E-state index contributed by atoms with van der Waals surface area (Å²) in [4.78, 5) is 14.2. The highest BCUT2D eigenvalue weighted by atomic mass is 16.5. The van der Waals surface area contributed by atoms with E-state index < -0.39 is 0 Å². The number of hydrogen-bond donors (Lipinski definition) is 0. The third kappa shape index (κ3) is 2.86. The van der Waals surface area contributed by atoms with Crippen LogP contribution in [-0.4, -0.2) is 37.1 Å². The maximum atomic E-state index is 12.3. The molecule has 0 radical (unpaired) electrons. The van der Waals surface area contributed by atoms with E-state index in [0.717, 1.165) is 17.5 Å². The average molecular weight is 233 g/mol. The lowest BCUT2D eigenvalue weighted by molar-refractivity contribution is 0.0303. The first kappa shape index (κ1) is 12.1. The van der Waals surface area contributed by atoms with Crippen LogP contribution in [0.2, 0.25) is 0 Å². The summed E-state index contributed by atoms with van der Waals surface area (Å²) in [7, 11) is 0. The quantitative estimate of drug-likeness (QED) is 0.782. The first-order chi connectivity index (χ1) is 8.20. The molecule has 0 spiro atoms. The molecule has 1 aliphatic rings. The predicted octanol–water partition coefficient (Wildman–Crippen LogP) is 2.03. The van der Waals surface area contributed by atoms with Gasteiger partial charge in [-0.15, -0.1) is 0 Å². The zero-order valence-corrected chi connectivity index (χ0v) is 10.5. The number of morpholine rings is 1. The Labute approximate surface area is 102 Å². The Morgan fingerprint density at radius 1 is 1.29 bits per heavy atom. The molecule has 0 N–H and O–H groups in total. The van der Waals surface area contributed by atoms with E-state index in [1.165, 1.54) is 5.56 Å². The number of amides is 1. The molecule has 1 aliphatic heterocycles. The Morgan fingerprint density at radius 3 is 2.65 bits per heavy atom. The molecular weight excluding hydrogens is 214 g/mol. The van der Waals surface area contributed by atoms with Gasteiger partial charge in [-0.1, -0.05) is 18.6 Å². The van der Waals surface area contributed by atoms with Crippen LogP contribution >= 0.6 is 0 Å². The molecule has 0 atom stereocenters. The van der Waals surface area contributed by atoms with Crippen molar-refractivity contribution in [2.45, 2.75) is 20.3 Å². The second-order valence-electron chi connectivity index (χ2n) is 4.47. The Bertz CT molecular complexity index is 409. The van der Waals surface area contributed by atoms with Crippen LogP contribution in [0.25, 0.3) is 0 Å². The highest BCUT2D eigenvalue weighted by molar-refractivity contribution is 5.94. The van der Waals surface area contributed by atoms with Crippen molar-refractivity contribution in [2.24, 2.45) is 0 Å². The highest BCUT2D eigenvalue weighted by Crippen LogP contribution is 2.13. The second kappa shape index (κ2) is 5.32. The molecule has 1 aromatic carbocycles. The van der Waals surface area contributed by atoms with E-state index in [1.807, 2.05) is 24.0 Å². The van der Waals surface area contributed by atoms with Crippen LogP contribution in [0.4, 0.5) is 0 Å². The normalized spacial score (nSPS) is 16.0. The van der Waals surface area contributed by atoms with E-state index in [4.69, 9.17) is 4.74 Å². The van der Waals surface area contributed by atoms with Crippen LogP contribution in [0.5, 0.6) is 0 Å². The number of rotatable bonds is 2. The van der Waals surface area contributed by atoms with E-state index in [2.05, 4.69) is 13.0 Å². The molecule has 0 unspecified atom stereocenters. The summed E-state index contributed by atoms with van der Waals surface area (Å²) in [6.45, 7) is 6.85. The van der Waals surface area contributed by atoms with Crippen LogP contribution in [0.3, 0.4) is 0 Å². The summed E-state index contributed by atoms with van der Waals surface area (Å²) in [5.74, 6) is 0.131. The second-order valence-corrected chi connectivity index (χ2v) is 4.47. The summed E-state index contributed by atoms with van der Waals surface area (Å²) in [5.41, 5.74) is 3.19. The molecule has 1 heterocycles. The van der Waals surface area contributed by atoms with Gasteiger partial charge in [-0.2, -0.15) is 0 Å². The fourth-order valence-corrected chi connectivity index (χ4v) is 2.14. The number of carbonyl (C=O) groups excluding carboxylic acids is 1. The lowest BCUT2D eigenvalue weighted by Gasteiger charge is -2.27. The molecule has 0 bridgehead atoms. The Morgan fingerprint density at radius 2 is 2.00 bits per heavy atom. The van der Waals surface area contributed by atoms with Crippen LogP contribution < -0.4 is 0 Å². The highest BCUT2D eigenvalue weighted by Gasteiger charge is 2.18. The first-order valence-electron chi connectivity index (χ1n) is 6.18. The van der Waals surface area contributed by atoms with Gasteiger partial charge in [0.05, 0.1) is 13.2 Å². The van der Waals surface area contributed by atoms with Gasteiger partial charge in [0, 0.05) is 18.7 Å². The largest absolute Gasteiger partial charge is 0.378 e. The third-order valence-electron chi connectivity index (χ3n) is 3.09. The molecule has 1 amide bonds. The monoisotopic (exact) mass is 233 g/mol. The molecule has 17 heavy (non-hydrogen) atoms. The molecule has 1 aromatic rings. The zero-order chi connectivity index (χ0) is 12.3. The van der Waals surface area contributed by atoms with Crippen molar-refractivity contribution in [3.05, 3.63) is 34.9 Å². The number of aryl methyl sites for hydroxylation is 2. The van der Waals surface area contributed by atoms with Crippen molar-refractivity contribution in [3.63, 3.8) is 0 Å². The lowest BCUT2D eigenvalue weighted by Crippen LogP contribution is -2.40. The smallest absolute Gasteiger partial charge is 0.254 e. The molecule has 2 rings (SSSR count). The number of ether oxygens (including phenoxy) is 1. The van der Waals surface area contributed by atoms with Gasteiger partial charge in [0.1, 0.15) is 0 Å².